The molecule has 0 bridgehead atoms. The first-order valence-corrected chi connectivity index (χ1v) is 9.17. The highest BCUT2D eigenvalue weighted by atomic mass is 16.4. The van der Waals surface area contributed by atoms with E-state index in [1.54, 1.807) is 48.5 Å². The minimum absolute atomic E-state index is 0.0110. The van der Waals surface area contributed by atoms with Gasteiger partial charge < -0.3 is 15.5 Å². The minimum Gasteiger partial charge on any atom is -0.478 e. The first-order valence-electron chi connectivity index (χ1n) is 9.17. The van der Waals surface area contributed by atoms with Gasteiger partial charge in [0.2, 0.25) is 5.78 Å². The molecule has 0 radical (unpaired) electrons. The van der Waals surface area contributed by atoms with Crippen LogP contribution in [0.4, 0.5) is 5.69 Å². The Balaban J connectivity index is 0.000000225. The van der Waals surface area contributed by atoms with Crippen molar-refractivity contribution in [3.05, 3.63) is 95.3 Å². The predicted molar refractivity (Wildman–Crippen MR) is 113 cm³/mol. The van der Waals surface area contributed by atoms with Crippen LogP contribution in [-0.4, -0.2) is 39.5 Å². The van der Waals surface area contributed by atoms with Crippen LogP contribution in [0, 0.1) is 11.3 Å². The maximum absolute atomic E-state index is 12.0. The summed E-state index contributed by atoms with van der Waals surface area (Å²) in [6.45, 7) is 0.459. The van der Waals surface area contributed by atoms with Crippen LogP contribution in [0.3, 0.4) is 0 Å². The van der Waals surface area contributed by atoms with Crippen LogP contribution in [0.15, 0.2) is 72.9 Å². The largest absolute Gasteiger partial charge is 0.478 e. The average Bonchev–Trinajstić information content (AvgIpc) is 2.80. The maximum atomic E-state index is 12.0. The molecule has 0 aliphatic rings. The Kier molecular flexibility index (Phi) is 8.44. The van der Waals surface area contributed by atoms with E-state index in [0.717, 1.165) is 0 Å². The molecule has 0 aliphatic heterocycles. The lowest BCUT2D eigenvalue weighted by molar-refractivity contribution is 0.0685. The number of aromatic nitrogens is 1. The van der Waals surface area contributed by atoms with Crippen LogP contribution >= 0.6 is 0 Å². The normalized spacial score (nSPS) is 9.52. The Labute approximate surface area is 178 Å². The summed E-state index contributed by atoms with van der Waals surface area (Å²) < 4.78 is 0. The number of benzene rings is 2. The van der Waals surface area contributed by atoms with Crippen LogP contribution in [0.1, 0.15) is 43.2 Å². The third-order valence-electron chi connectivity index (χ3n) is 4.01. The molecule has 8 heteroatoms. The average molecular weight is 417 g/mol. The standard InChI is InChI=1S/C13H9NO3.C10H10N2O2/c15-12(11-7-3-4-8-14-11)9-5-1-2-6-10(9)13(16)17;11-6-3-7-12-9-5-2-1-4-8(9)10(13)14/h1-8H,(H,16,17);1-2,4-5,12H,3,7H2,(H,13,14). The molecule has 156 valence electrons. The second-order valence-corrected chi connectivity index (χ2v) is 6.08. The lowest BCUT2D eigenvalue weighted by atomic mass is 10.0. The van der Waals surface area contributed by atoms with Crippen molar-refractivity contribution in [1.29, 1.82) is 5.26 Å². The second kappa shape index (κ2) is 11.5. The molecule has 1 heterocycles. The van der Waals surface area contributed by atoms with E-state index >= 15 is 0 Å². The number of carboxylic acid groups (broad SMARTS) is 2. The number of nitrogens with zero attached hydrogens (tertiary/aromatic N) is 2. The van der Waals surface area contributed by atoms with Gasteiger partial charge in [-0.1, -0.05) is 36.4 Å². The molecular formula is C23H19N3O5. The molecule has 3 rings (SSSR count). The van der Waals surface area contributed by atoms with Gasteiger partial charge in [0.25, 0.3) is 0 Å². The molecule has 0 saturated carbocycles. The highest BCUT2D eigenvalue weighted by molar-refractivity contribution is 6.13. The van der Waals surface area contributed by atoms with Crippen molar-refractivity contribution in [2.45, 2.75) is 6.42 Å². The molecule has 0 spiro atoms. The molecule has 0 unspecified atom stereocenters. The van der Waals surface area contributed by atoms with Gasteiger partial charge in [-0.25, -0.2) is 9.59 Å². The number of nitrogens with one attached hydrogen (secondary N) is 1. The van der Waals surface area contributed by atoms with Crippen LogP contribution in [0.25, 0.3) is 0 Å². The van der Waals surface area contributed by atoms with E-state index < -0.39 is 11.9 Å². The van der Waals surface area contributed by atoms with Gasteiger partial charge in [0.05, 0.1) is 23.6 Å². The topological polar surface area (TPSA) is 140 Å². The number of carboxylic acids is 2. The molecule has 3 N–H and O–H groups in total. The second-order valence-electron chi connectivity index (χ2n) is 6.08. The molecule has 1 aromatic heterocycles. The Bertz CT molecular complexity index is 1110. The number of anilines is 1. The fraction of sp³-hybridized carbons (Fsp3) is 0.0870. The van der Waals surface area contributed by atoms with Crippen molar-refractivity contribution in [3.8, 4) is 6.07 Å². The Morgan fingerprint density at radius 3 is 2.00 bits per heavy atom. The molecule has 2 aromatic carbocycles. The van der Waals surface area contributed by atoms with E-state index in [2.05, 4.69) is 10.3 Å². The SMILES string of the molecule is N#CCCNc1ccccc1C(=O)O.O=C(O)c1ccccc1C(=O)c1ccccn1. The highest BCUT2D eigenvalue weighted by Crippen LogP contribution is 2.15. The van der Waals surface area contributed by atoms with E-state index in [1.807, 2.05) is 6.07 Å². The van der Waals surface area contributed by atoms with Gasteiger partial charge in [0, 0.05) is 24.0 Å². The fourth-order valence-corrected chi connectivity index (χ4v) is 2.58. The fourth-order valence-electron chi connectivity index (χ4n) is 2.58. The van der Waals surface area contributed by atoms with Crippen molar-refractivity contribution in [2.24, 2.45) is 0 Å². The minimum atomic E-state index is -1.12. The third kappa shape index (κ3) is 6.51. The van der Waals surface area contributed by atoms with E-state index in [-0.39, 0.29) is 28.2 Å². The number of ketones is 1. The Morgan fingerprint density at radius 2 is 1.42 bits per heavy atom. The quantitative estimate of drug-likeness (QED) is 0.390. The first kappa shape index (κ1) is 22.8. The molecule has 0 amide bonds. The van der Waals surface area contributed by atoms with Crippen LogP contribution in [0.2, 0.25) is 0 Å². The number of pyridine rings is 1. The summed E-state index contributed by atoms with van der Waals surface area (Å²) in [6, 6.07) is 19.6. The Morgan fingerprint density at radius 1 is 0.839 bits per heavy atom. The highest BCUT2D eigenvalue weighted by Gasteiger charge is 2.17. The summed E-state index contributed by atoms with van der Waals surface area (Å²) >= 11 is 0. The zero-order valence-electron chi connectivity index (χ0n) is 16.4. The molecular weight excluding hydrogens is 398 g/mol. The number of carbonyl (C=O) groups excluding carboxylic acids is 1. The van der Waals surface area contributed by atoms with Crippen LogP contribution < -0.4 is 5.32 Å². The molecule has 31 heavy (non-hydrogen) atoms. The number of hydrogen-bond donors (Lipinski definition) is 3. The van der Waals surface area contributed by atoms with Crippen molar-refractivity contribution in [3.63, 3.8) is 0 Å². The molecule has 0 saturated heterocycles. The van der Waals surface area contributed by atoms with Crippen LogP contribution in [-0.2, 0) is 0 Å². The summed E-state index contributed by atoms with van der Waals surface area (Å²) in [6.07, 6.45) is 1.85. The smallest absolute Gasteiger partial charge is 0.337 e. The van der Waals surface area contributed by atoms with E-state index in [9.17, 15) is 14.4 Å². The van der Waals surface area contributed by atoms with Crippen molar-refractivity contribution < 1.29 is 24.6 Å². The molecule has 0 atom stereocenters. The van der Waals surface area contributed by atoms with Gasteiger partial charge in [0.1, 0.15) is 5.69 Å². The number of aromatic carboxylic acids is 2. The number of carbonyl (C=O) groups is 3. The van der Waals surface area contributed by atoms with Crippen molar-refractivity contribution in [1.82, 2.24) is 4.98 Å². The summed E-state index contributed by atoms with van der Waals surface area (Å²) in [5.74, 6) is -2.47. The van der Waals surface area contributed by atoms with E-state index in [1.165, 1.54) is 24.4 Å². The molecule has 3 aromatic rings. The number of hydrogen-bond acceptors (Lipinski definition) is 6. The van der Waals surface area contributed by atoms with Crippen molar-refractivity contribution in [2.75, 3.05) is 11.9 Å². The lowest BCUT2D eigenvalue weighted by Gasteiger charge is -2.06. The van der Waals surface area contributed by atoms with Crippen molar-refractivity contribution >= 4 is 23.4 Å². The van der Waals surface area contributed by atoms with Gasteiger partial charge in [0.15, 0.2) is 0 Å². The predicted octanol–water partition coefficient (Wildman–Crippen LogP) is 3.72. The monoisotopic (exact) mass is 417 g/mol. The number of rotatable bonds is 7. The summed E-state index contributed by atoms with van der Waals surface area (Å²) in [4.78, 5) is 37.7. The maximum Gasteiger partial charge on any atom is 0.337 e. The molecule has 8 nitrogen and oxygen atoms in total. The summed E-state index contributed by atoms with van der Waals surface area (Å²) in [7, 11) is 0. The van der Waals surface area contributed by atoms with Gasteiger partial charge in [-0.05, 0) is 30.3 Å². The Hall–Kier alpha value is -4.51. The summed E-state index contributed by atoms with van der Waals surface area (Å²) in [5, 5.41) is 29.0. The zero-order chi connectivity index (χ0) is 22.6. The van der Waals surface area contributed by atoms with Gasteiger partial charge in [-0.3, -0.25) is 9.78 Å². The lowest BCUT2D eigenvalue weighted by Crippen LogP contribution is -2.10. The number of para-hydroxylation sites is 1. The van der Waals surface area contributed by atoms with Crippen LogP contribution in [0.5, 0.6) is 0 Å². The zero-order valence-corrected chi connectivity index (χ0v) is 16.4. The summed E-state index contributed by atoms with van der Waals surface area (Å²) in [5.41, 5.74) is 1.16. The van der Waals surface area contributed by atoms with Gasteiger partial charge in [-0.2, -0.15) is 5.26 Å². The first-order chi connectivity index (χ1) is 15.0. The van der Waals surface area contributed by atoms with E-state index in [0.29, 0.717) is 18.7 Å². The van der Waals surface area contributed by atoms with E-state index in [4.69, 9.17) is 15.5 Å². The molecule has 0 fully saturated rings. The van der Waals surface area contributed by atoms with Gasteiger partial charge in [-0.15, -0.1) is 0 Å². The number of nitriles is 1. The van der Waals surface area contributed by atoms with Gasteiger partial charge >= 0.3 is 11.9 Å². The third-order valence-corrected chi connectivity index (χ3v) is 4.01. The molecule has 0 aliphatic carbocycles.